The van der Waals surface area contributed by atoms with Crippen LogP contribution in [-0.2, 0) is 16.1 Å². The third-order valence-corrected chi connectivity index (χ3v) is 2.32. The lowest BCUT2D eigenvalue weighted by atomic mass is 10.5. The van der Waals surface area contributed by atoms with Gasteiger partial charge in [0.1, 0.15) is 6.54 Å². The molecule has 0 unspecified atom stereocenters. The smallest absolute Gasteiger partial charge is 0.325 e. The van der Waals surface area contributed by atoms with Crippen molar-refractivity contribution in [2.24, 2.45) is 0 Å². The minimum Gasteiger partial charge on any atom is -0.465 e. The van der Waals surface area contributed by atoms with Crippen molar-refractivity contribution in [3.63, 3.8) is 0 Å². The first-order chi connectivity index (χ1) is 7.72. The number of imidazole rings is 1. The standard InChI is InChI=1S/C11H19N3O2/c1-4-13-8-7-12-11(13)14(5-2)9-10(15)16-6-3/h7-8H,4-6,9H2,1-3H3. The highest BCUT2D eigenvalue weighted by Crippen LogP contribution is 2.10. The summed E-state index contributed by atoms with van der Waals surface area (Å²) in [7, 11) is 0. The van der Waals surface area contributed by atoms with E-state index in [0.29, 0.717) is 6.61 Å². The number of anilines is 1. The molecule has 0 amide bonds. The quantitative estimate of drug-likeness (QED) is 0.684. The molecule has 0 aromatic carbocycles. The molecule has 0 bridgehead atoms. The molecule has 0 fully saturated rings. The molecule has 0 saturated heterocycles. The van der Waals surface area contributed by atoms with Crippen molar-refractivity contribution in [1.29, 1.82) is 0 Å². The Balaban J connectivity index is 2.70. The van der Waals surface area contributed by atoms with Gasteiger partial charge in [-0.3, -0.25) is 4.79 Å². The van der Waals surface area contributed by atoms with Crippen LogP contribution in [0.25, 0.3) is 0 Å². The Morgan fingerprint density at radius 3 is 2.81 bits per heavy atom. The summed E-state index contributed by atoms with van der Waals surface area (Å²) in [6.07, 6.45) is 3.65. The van der Waals surface area contributed by atoms with Crippen LogP contribution in [0.2, 0.25) is 0 Å². The molecular weight excluding hydrogens is 206 g/mol. The fourth-order valence-corrected chi connectivity index (χ4v) is 1.52. The Hall–Kier alpha value is -1.52. The molecule has 0 aliphatic carbocycles. The van der Waals surface area contributed by atoms with Crippen molar-refractivity contribution < 1.29 is 9.53 Å². The highest BCUT2D eigenvalue weighted by Gasteiger charge is 2.14. The van der Waals surface area contributed by atoms with Crippen LogP contribution in [0.1, 0.15) is 20.8 Å². The Morgan fingerprint density at radius 1 is 1.50 bits per heavy atom. The van der Waals surface area contributed by atoms with Crippen LogP contribution >= 0.6 is 0 Å². The Labute approximate surface area is 96.0 Å². The van der Waals surface area contributed by atoms with Gasteiger partial charge in [-0.2, -0.15) is 0 Å². The fraction of sp³-hybridized carbons (Fsp3) is 0.636. The average molecular weight is 225 g/mol. The molecule has 0 atom stereocenters. The molecule has 0 N–H and O–H groups in total. The zero-order valence-electron chi connectivity index (χ0n) is 10.1. The van der Waals surface area contributed by atoms with E-state index in [1.165, 1.54) is 0 Å². The van der Waals surface area contributed by atoms with Crippen molar-refractivity contribution in [2.45, 2.75) is 27.3 Å². The molecule has 1 heterocycles. The normalized spacial score (nSPS) is 10.2. The molecule has 90 valence electrons. The number of esters is 1. The zero-order valence-corrected chi connectivity index (χ0v) is 10.1. The van der Waals surface area contributed by atoms with Crippen LogP contribution in [-0.4, -0.2) is 35.2 Å². The lowest BCUT2D eigenvalue weighted by molar-refractivity contribution is -0.141. The summed E-state index contributed by atoms with van der Waals surface area (Å²) in [5, 5.41) is 0. The van der Waals surface area contributed by atoms with Gasteiger partial charge in [0.15, 0.2) is 0 Å². The summed E-state index contributed by atoms with van der Waals surface area (Å²) in [6.45, 7) is 8.09. The molecule has 1 aromatic heterocycles. The zero-order chi connectivity index (χ0) is 12.0. The summed E-state index contributed by atoms with van der Waals surface area (Å²) in [6, 6.07) is 0. The van der Waals surface area contributed by atoms with E-state index in [0.717, 1.165) is 19.0 Å². The third kappa shape index (κ3) is 2.98. The summed E-state index contributed by atoms with van der Waals surface area (Å²) in [5.74, 6) is 0.605. The Bertz CT molecular complexity index is 336. The number of aromatic nitrogens is 2. The number of likely N-dealkylation sites (N-methyl/N-ethyl adjacent to an activating group) is 1. The van der Waals surface area contributed by atoms with Gasteiger partial charge in [-0.1, -0.05) is 0 Å². The Morgan fingerprint density at radius 2 is 2.25 bits per heavy atom. The Kier molecular flexibility index (Phi) is 4.82. The van der Waals surface area contributed by atoms with Crippen molar-refractivity contribution in [1.82, 2.24) is 9.55 Å². The second-order valence-electron chi connectivity index (χ2n) is 3.33. The van der Waals surface area contributed by atoms with Gasteiger partial charge in [0, 0.05) is 25.5 Å². The van der Waals surface area contributed by atoms with Crippen molar-refractivity contribution in [3.8, 4) is 0 Å². The molecule has 5 heteroatoms. The predicted octanol–water partition coefficient (Wildman–Crippen LogP) is 1.29. The van der Waals surface area contributed by atoms with E-state index in [-0.39, 0.29) is 12.5 Å². The van der Waals surface area contributed by atoms with E-state index in [1.807, 2.05) is 29.5 Å². The van der Waals surface area contributed by atoms with E-state index in [2.05, 4.69) is 4.98 Å². The van der Waals surface area contributed by atoms with Crippen LogP contribution in [0.5, 0.6) is 0 Å². The molecule has 0 saturated carbocycles. The number of rotatable bonds is 6. The number of hydrogen-bond acceptors (Lipinski definition) is 4. The maximum atomic E-state index is 11.4. The minimum absolute atomic E-state index is 0.213. The molecular formula is C11H19N3O2. The third-order valence-electron chi connectivity index (χ3n) is 2.32. The van der Waals surface area contributed by atoms with Gasteiger partial charge in [-0.25, -0.2) is 4.98 Å². The lowest BCUT2D eigenvalue weighted by Crippen LogP contribution is -2.32. The van der Waals surface area contributed by atoms with E-state index in [4.69, 9.17) is 4.74 Å². The van der Waals surface area contributed by atoms with Gasteiger partial charge in [0.05, 0.1) is 6.61 Å². The van der Waals surface area contributed by atoms with E-state index in [9.17, 15) is 4.79 Å². The van der Waals surface area contributed by atoms with Crippen molar-refractivity contribution in [2.75, 3.05) is 24.6 Å². The van der Waals surface area contributed by atoms with Crippen LogP contribution in [0, 0.1) is 0 Å². The first-order valence-corrected chi connectivity index (χ1v) is 5.64. The molecule has 5 nitrogen and oxygen atoms in total. The molecule has 0 aliphatic heterocycles. The molecule has 0 aliphatic rings. The maximum absolute atomic E-state index is 11.4. The number of ether oxygens (including phenoxy) is 1. The maximum Gasteiger partial charge on any atom is 0.325 e. The first-order valence-electron chi connectivity index (χ1n) is 5.64. The van der Waals surface area contributed by atoms with E-state index >= 15 is 0 Å². The monoisotopic (exact) mass is 225 g/mol. The van der Waals surface area contributed by atoms with Crippen molar-refractivity contribution >= 4 is 11.9 Å². The largest absolute Gasteiger partial charge is 0.465 e. The number of nitrogens with zero attached hydrogens (tertiary/aromatic N) is 3. The summed E-state index contributed by atoms with van der Waals surface area (Å²) in [4.78, 5) is 17.6. The predicted molar refractivity (Wildman–Crippen MR) is 62.4 cm³/mol. The highest BCUT2D eigenvalue weighted by molar-refractivity contribution is 5.74. The summed E-state index contributed by atoms with van der Waals surface area (Å²) < 4.78 is 6.93. The van der Waals surface area contributed by atoms with Gasteiger partial charge in [-0.15, -0.1) is 0 Å². The number of hydrogen-bond donors (Lipinski definition) is 0. The van der Waals surface area contributed by atoms with Crippen molar-refractivity contribution in [3.05, 3.63) is 12.4 Å². The highest BCUT2D eigenvalue weighted by atomic mass is 16.5. The number of carbonyl (C=O) groups excluding carboxylic acids is 1. The first kappa shape index (κ1) is 12.5. The van der Waals surface area contributed by atoms with Crippen LogP contribution < -0.4 is 4.90 Å². The number of aryl methyl sites for hydroxylation is 1. The summed E-state index contributed by atoms with van der Waals surface area (Å²) >= 11 is 0. The molecule has 1 rings (SSSR count). The fourth-order valence-electron chi connectivity index (χ4n) is 1.52. The number of carbonyl (C=O) groups is 1. The second-order valence-corrected chi connectivity index (χ2v) is 3.33. The van der Waals surface area contributed by atoms with Gasteiger partial charge in [0.2, 0.25) is 5.95 Å². The van der Waals surface area contributed by atoms with Crippen LogP contribution in [0.4, 0.5) is 5.95 Å². The lowest BCUT2D eigenvalue weighted by Gasteiger charge is -2.21. The molecule has 1 aromatic rings. The topological polar surface area (TPSA) is 47.4 Å². The summed E-state index contributed by atoms with van der Waals surface area (Å²) in [5.41, 5.74) is 0. The minimum atomic E-state index is -0.213. The van der Waals surface area contributed by atoms with Gasteiger partial charge < -0.3 is 14.2 Å². The molecule has 0 radical (unpaired) electrons. The average Bonchev–Trinajstić information content (AvgIpc) is 2.74. The van der Waals surface area contributed by atoms with Gasteiger partial charge in [-0.05, 0) is 20.8 Å². The molecule has 0 spiro atoms. The van der Waals surface area contributed by atoms with E-state index in [1.54, 1.807) is 13.1 Å². The SMILES string of the molecule is CCOC(=O)CN(CC)c1nccn1CC. The molecule has 16 heavy (non-hydrogen) atoms. The van der Waals surface area contributed by atoms with Crippen LogP contribution in [0.3, 0.4) is 0 Å². The van der Waals surface area contributed by atoms with E-state index < -0.39 is 0 Å². The van der Waals surface area contributed by atoms with Gasteiger partial charge >= 0.3 is 5.97 Å². The second kappa shape index (κ2) is 6.15. The van der Waals surface area contributed by atoms with Gasteiger partial charge in [0.25, 0.3) is 0 Å². The van der Waals surface area contributed by atoms with Crippen LogP contribution in [0.15, 0.2) is 12.4 Å².